The van der Waals surface area contributed by atoms with Crippen molar-refractivity contribution in [2.45, 2.75) is 457 Å². The lowest BCUT2D eigenvalue weighted by Gasteiger charge is -2.21. The van der Waals surface area contributed by atoms with Crippen LogP contribution in [-0.2, 0) is 65.4 Å². The normalized spacial score (nSPS) is 13.8. The van der Waals surface area contributed by atoms with Crippen molar-refractivity contribution in [3.8, 4) is 0 Å². The summed E-state index contributed by atoms with van der Waals surface area (Å²) in [6.07, 6.45) is 68.0. The van der Waals surface area contributed by atoms with Crippen LogP contribution in [0.3, 0.4) is 0 Å². The number of phosphoric ester groups is 2. The number of aliphatic hydroxyl groups excluding tert-OH is 1. The molecule has 0 heterocycles. The van der Waals surface area contributed by atoms with Crippen LogP contribution in [0.25, 0.3) is 0 Å². The molecule has 0 amide bonds. The maximum atomic E-state index is 13.1. The molecule has 594 valence electrons. The van der Waals surface area contributed by atoms with Gasteiger partial charge >= 0.3 is 39.5 Å². The third-order valence-corrected chi connectivity index (χ3v) is 21.0. The average Bonchev–Trinajstić information content (AvgIpc) is 0.995. The third kappa shape index (κ3) is 74.3. The van der Waals surface area contributed by atoms with Crippen molar-refractivity contribution in [3.63, 3.8) is 0 Å². The van der Waals surface area contributed by atoms with E-state index in [9.17, 15) is 43.2 Å². The Morgan fingerprint density at radius 2 is 0.400 bits per heavy atom. The zero-order valence-corrected chi connectivity index (χ0v) is 67.0. The Bertz CT molecular complexity index is 1890. The second-order valence-electron chi connectivity index (χ2n) is 29.2. The van der Waals surface area contributed by atoms with E-state index in [-0.39, 0.29) is 25.7 Å². The van der Waals surface area contributed by atoms with Gasteiger partial charge in [-0.2, -0.15) is 0 Å². The van der Waals surface area contributed by atoms with Gasteiger partial charge in [0, 0.05) is 25.7 Å². The van der Waals surface area contributed by atoms with Crippen LogP contribution >= 0.6 is 15.6 Å². The maximum Gasteiger partial charge on any atom is 0.472 e. The average molecular weight is 1470 g/mol. The number of carbonyl (C=O) groups is 4. The Balaban J connectivity index is 5.19. The van der Waals surface area contributed by atoms with Crippen LogP contribution in [-0.4, -0.2) is 96.7 Å². The lowest BCUT2D eigenvalue weighted by molar-refractivity contribution is -0.161. The molecule has 0 radical (unpaired) electrons. The fraction of sp³-hybridized carbons (Fsp3) is 0.951. The molecule has 0 aliphatic carbocycles. The predicted molar refractivity (Wildman–Crippen MR) is 409 cm³/mol. The quantitative estimate of drug-likeness (QED) is 0.0222. The Morgan fingerprint density at radius 3 is 0.590 bits per heavy atom. The molecule has 0 aromatic rings. The number of unbranched alkanes of at least 4 members (excludes halogenated alkanes) is 56. The molecule has 0 fully saturated rings. The van der Waals surface area contributed by atoms with Gasteiger partial charge in [-0.3, -0.25) is 37.3 Å². The minimum atomic E-state index is -4.96. The summed E-state index contributed by atoms with van der Waals surface area (Å²) in [5.74, 6) is -2.10. The van der Waals surface area contributed by atoms with Crippen LogP contribution in [0.4, 0.5) is 0 Å². The van der Waals surface area contributed by atoms with Crippen LogP contribution < -0.4 is 0 Å². The summed E-state index contributed by atoms with van der Waals surface area (Å²) in [5.41, 5.74) is 0. The molecule has 0 aliphatic heterocycles. The fourth-order valence-corrected chi connectivity index (χ4v) is 14.2. The number of hydrogen-bond donors (Lipinski definition) is 3. The van der Waals surface area contributed by atoms with Gasteiger partial charge in [-0.1, -0.05) is 387 Å². The van der Waals surface area contributed by atoms with Crippen LogP contribution in [0, 0.1) is 0 Å². The standard InChI is InChI=1S/C81H158O17P2/c1-5-9-13-17-21-25-29-32-35-36-37-38-39-40-41-42-45-48-52-56-60-64-68-81(86)98-77(72-92-79(84)66-62-58-54-50-46-43-33-30-26-22-18-14-10-6-2)74-96-100(89,90)94-70-75(82)69-93-99(87,88)95-73-76(71-91-78(83)65-61-57-53-49-28-24-20-16-12-8-4)97-80(85)67-63-59-55-51-47-44-34-31-27-23-19-15-11-7-3/h75-77,82H,5-74H2,1-4H3,(H,87,88)(H,89,90)/t75-,76+,77+/m0/s1. The molecule has 100 heavy (non-hydrogen) atoms. The van der Waals surface area contributed by atoms with Gasteiger partial charge in [0.2, 0.25) is 0 Å². The minimum absolute atomic E-state index is 0.109. The number of rotatable bonds is 82. The summed E-state index contributed by atoms with van der Waals surface area (Å²) in [4.78, 5) is 73.0. The number of esters is 4. The van der Waals surface area contributed by atoms with Gasteiger partial charge in [-0.25, -0.2) is 9.13 Å². The molecular weight excluding hydrogens is 1310 g/mol. The van der Waals surface area contributed by atoms with E-state index in [1.807, 2.05) is 0 Å². The molecule has 0 aliphatic rings. The first-order valence-electron chi connectivity index (χ1n) is 42.3. The number of ether oxygens (including phenoxy) is 4. The largest absolute Gasteiger partial charge is 0.472 e. The summed E-state index contributed by atoms with van der Waals surface area (Å²) >= 11 is 0. The van der Waals surface area contributed by atoms with Gasteiger partial charge in [0.05, 0.1) is 26.4 Å². The van der Waals surface area contributed by atoms with E-state index in [1.54, 1.807) is 0 Å². The molecule has 0 aromatic heterocycles. The molecule has 19 heteroatoms. The molecule has 0 spiro atoms. The van der Waals surface area contributed by atoms with E-state index in [0.717, 1.165) is 89.9 Å². The Labute approximate surface area is 613 Å². The van der Waals surface area contributed by atoms with Crippen molar-refractivity contribution >= 4 is 39.5 Å². The maximum absolute atomic E-state index is 13.1. The Kier molecular flexibility index (Phi) is 73.8. The summed E-state index contributed by atoms with van der Waals surface area (Å²) in [6.45, 7) is 5.02. The highest BCUT2D eigenvalue weighted by Gasteiger charge is 2.30. The number of hydrogen-bond acceptors (Lipinski definition) is 15. The molecule has 2 unspecified atom stereocenters. The predicted octanol–water partition coefficient (Wildman–Crippen LogP) is 24.6. The molecule has 0 rings (SSSR count). The lowest BCUT2D eigenvalue weighted by atomic mass is 10.0. The summed E-state index contributed by atoms with van der Waals surface area (Å²) < 4.78 is 68.7. The van der Waals surface area contributed by atoms with E-state index in [4.69, 9.17) is 37.0 Å². The van der Waals surface area contributed by atoms with E-state index in [1.165, 1.54) is 270 Å². The molecular formula is C81H158O17P2. The van der Waals surface area contributed by atoms with Gasteiger partial charge < -0.3 is 33.8 Å². The van der Waals surface area contributed by atoms with Crippen molar-refractivity contribution in [3.05, 3.63) is 0 Å². The van der Waals surface area contributed by atoms with Crippen molar-refractivity contribution < 1.29 is 80.2 Å². The van der Waals surface area contributed by atoms with Gasteiger partial charge in [0.25, 0.3) is 0 Å². The van der Waals surface area contributed by atoms with Crippen LogP contribution in [0.15, 0.2) is 0 Å². The highest BCUT2D eigenvalue weighted by atomic mass is 31.2. The van der Waals surface area contributed by atoms with Gasteiger partial charge in [-0.05, 0) is 25.7 Å². The highest BCUT2D eigenvalue weighted by Crippen LogP contribution is 2.45. The smallest absolute Gasteiger partial charge is 0.462 e. The summed E-state index contributed by atoms with van der Waals surface area (Å²) in [7, 11) is -9.91. The van der Waals surface area contributed by atoms with Gasteiger partial charge in [0.1, 0.15) is 19.3 Å². The first kappa shape index (κ1) is 98.1. The SMILES string of the molecule is CCCCCCCCCCCCCCCCCCCCCCCCC(=O)O[C@H](COC(=O)CCCCCCCCCCCCCCCC)COP(=O)(O)OC[C@@H](O)COP(=O)(O)OC[C@@H](COC(=O)CCCCCCCCCCCC)OC(=O)CCCCCCCCCCCCCCCC. The number of aliphatic hydroxyl groups is 1. The first-order chi connectivity index (χ1) is 48.7. The molecule has 0 saturated heterocycles. The van der Waals surface area contributed by atoms with Crippen molar-refractivity contribution in [2.24, 2.45) is 0 Å². The van der Waals surface area contributed by atoms with E-state index in [0.29, 0.717) is 25.7 Å². The molecule has 3 N–H and O–H groups in total. The molecule has 0 saturated carbocycles. The molecule has 0 bridgehead atoms. The summed E-state index contributed by atoms with van der Waals surface area (Å²) in [6, 6.07) is 0. The van der Waals surface area contributed by atoms with Gasteiger partial charge in [0.15, 0.2) is 12.2 Å². The fourth-order valence-electron chi connectivity index (χ4n) is 12.6. The highest BCUT2D eigenvalue weighted by molar-refractivity contribution is 7.47. The number of phosphoric acid groups is 2. The molecule has 0 aromatic carbocycles. The molecule has 5 atom stereocenters. The summed E-state index contributed by atoms with van der Waals surface area (Å²) in [5, 5.41) is 10.6. The topological polar surface area (TPSA) is 237 Å². The zero-order valence-electron chi connectivity index (χ0n) is 65.2. The molecule has 17 nitrogen and oxygen atoms in total. The van der Waals surface area contributed by atoms with Crippen molar-refractivity contribution in [1.82, 2.24) is 0 Å². The Morgan fingerprint density at radius 1 is 0.240 bits per heavy atom. The van der Waals surface area contributed by atoms with E-state index in [2.05, 4.69) is 27.7 Å². The van der Waals surface area contributed by atoms with Gasteiger partial charge in [-0.15, -0.1) is 0 Å². The van der Waals surface area contributed by atoms with Crippen LogP contribution in [0.1, 0.15) is 439 Å². The first-order valence-corrected chi connectivity index (χ1v) is 45.3. The third-order valence-electron chi connectivity index (χ3n) is 19.1. The van der Waals surface area contributed by atoms with E-state index >= 15 is 0 Å². The second-order valence-corrected chi connectivity index (χ2v) is 32.1. The monoisotopic (exact) mass is 1470 g/mol. The lowest BCUT2D eigenvalue weighted by Crippen LogP contribution is -2.30. The van der Waals surface area contributed by atoms with Crippen LogP contribution in [0.5, 0.6) is 0 Å². The Hall–Kier alpha value is -1.94. The zero-order chi connectivity index (χ0) is 73.2. The second kappa shape index (κ2) is 75.3. The van der Waals surface area contributed by atoms with Crippen molar-refractivity contribution in [1.29, 1.82) is 0 Å². The van der Waals surface area contributed by atoms with Crippen LogP contribution in [0.2, 0.25) is 0 Å². The van der Waals surface area contributed by atoms with Crippen molar-refractivity contribution in [2.75, 3.05) is 39.6 Å². The van der Waals surface area contributed by atoms with E-state index < -0.39 is 97.5 Å². The minimum Gasteiger partial charge on any atom is -0.462 e. The number of carbonyl (C=O) groups excluding carboxylic acids is 4.